The molecule has 0 aromatic heterocycles. The van der Waals surface area contributed by atoms with Crippen molar-refractivity contribution < 1.29 is 5.11 Å². The van der Waals surface area contributed by atoms with Crippen LogP contribution in [0.3, 0.4) is 0 Å². The van der Waals surface area contributed by atoms with E-state index in [2.05, 4.69) is 20.8 Å². The van der Waals surface area contributed by atoms with Gasteiger partial charge in [0.2, 0.25) is 0 Å². The van der Waals surface area contributed by atoms with Crippen LogP contribution in [0.1, 0.15) is 47.5 Å². The van der Waals surface area contributed by atoms with Crippen molar-refractivity contribution in [1.29, 1.82) is 0 Å². The molecule has 0 radical (unpaired) electrons. The molecular formula is C10H22O. The van der Waals surface area contributed by atoms with E-state index in [1.165, 1.54) is 0 Å². The maximum absolute atomic E-state index is 9.95. The van der Waals surface area contributed by atoms with E-state index in [-0.39, 0.29) is 0 Å². The molecule has 0 rings (SSSR count). The van der Waals surface area contributed by atoms with Gasteiger partial charge in [-0.1, -0.05) is 34.1 Å². The standard InChI is InChI=1S/C10H22O/c1-6-9(8(3)4)10(5,11)7-2/h8-9,11H,6-7H2,1-5H3. The molecule has 0 amide bonds. The molecule has 0 bridgehead atoms. The van der Waals surface area contributed by atoms with Gasteiger partial charge >= 0.3 is 0 Å². The van der Waals surface area contributed by atoms with Crippen molar-refractivity contribution in [2.45, 2.75) is 53.1 Å². The predicted molar refractivity (Wildman–Crippen MR) is 49.5 cm³/mol. The molecule has 0 aromatic carbocycles. The molecule has 2 unspecified atom stereocenters. The van der Waals surface area contributed by atoms with Gasteiger partial charge in [-0.2, -0.15) is 0 Å². The molecular weight excluding hydrogens is 136 g/mol. The Bertz CT molecular complexity index is 105. The second kappa shape index (κ2) is 4.10. The summed E-state index contributed by atoms with van der Waals surface area (Å²) in [6.45, 7) is 10.5. The van der Waals surface area contributed by atoms with Crippen LogP contribution in [0, 0.1) is 11.8 Å². The number of hydrogen-bond acceptors (Lipinski definition) is 1. The molecule has 11 heavy (non-hydrogen) atoms. The van der Waals surface area contributed by atoms with E-state index in [9.17, 15) is 5.11 Å². The third kappa shape index (κ3) is 2.82. The van der Waals surface area contributed by atoms with E-state index in [4.69, 9.17) is 0 Å². The Morgan fingerprint density at radius 1 is 1.27 bits per heavy atom. The second-order valence-electron chi connectivity index (χ2n) is 3.97. The third-order valence-corrected chi connectivity index (χ3v) is 2.76. The summed E-state index contributed by atoms with van der Waals surface area (Å²) in [7, 11) is 0. The molecule has 1 nitrogen and oxygen atoms in total. The van der Waals surface area contributed by atoms with Gasteiger partial charge in [0, 0.05) is 0 Å². The molecule has 0 spiro atoms. The normalized spacial score (nSPS) is 19.9. The summed E-state index contributed by atoms with van der Waals surface area (Å²) in [4.78, 5) is 0. The first kappa shape index (κ1) is 11.0. The molecule has 1 N–H and O–H groups in total. The summed E-state index contributed by atoms with van der Waals surface area (Å²) in [5, 5.41) is 9.95. The smallest absolute Gasteiger partial charge is 0.0647 e. The highest BCUT2D eigenvalue weighted by Crippen LogP contribution is 2.30. The van der Waals surface area contributed by atoms with Gasteiger partial charge in [-0.05, 0) is 25.2 Å². The molecule has 0 fully saturated rings. The molecule has 0 heterocycles. The van der Waals surface area contributed by atoms with Crippen molar-refractivity contribution in [3.63, 3.8) is 0 Å². The number of hydrogen-bond donors (Lipinski definition) is 1. The Kier molecular flexibility index (Phi) is 4.09. The Balaban J connectivity index is 4.23. The molecule has 68 valence electrons. The zero-order chi connectivity index (χ0) is 9.07. The van der Waals surface area contributed by atoms with E-state index < -0.39 is 5.60 Å². The summed E-state index contributed by atoms with van der Waals surface area (Å²) in [5.41, 5.74) is -0.469. The maximum atomic E-state index is 9.95. The highest BCUT2D eigenvalue weighted by atomic mass is 16.3. The fourth-order valence-corrected chi connectivity index (χ4v) is 1.89. The van der Waals surface area contributed by atoms with Crippen molar-refractivity contribution in [2.24, 2.45) is 11.8 Å². The van der Waals surface area contributed by atoms with E-state index >= 15 is 0 Å². The van der Waals surface area contributed by atoms with Gasteiger partial charge in [0.1, 0.15) is 0 Å². The average Bonchev–Trinajstić information content (AvgIpc) is 1.88. The van der Waals surface area contributed by atoms with Crippen molar-refractivity contribution >= 4 is 0 Å². The maximum Gasteiger partial charge on any atom is 0.0647 e. The van der Waals surface area contributed by atoms with Crippen molar-refractivity contribution in [3.05, 3.63) is 0 Å². The van der Waals surface area contributed by atoms with Gasteiger partial charge in [-0.25, -0.2) is 0 Å². The minimum Gasteiger partial charge on any atom is -0.390 e. The summed E-state index contributed by atoms with van der Waals surface area (Å²) in [6, 6.07) is 0. The van der Waals surface area contributed by atoms with E-state index in [1.807, 2.05) is 13.8 Å². The summed E-state index contributed by atoms with van der Waals surface area (Å²) >= 11 is 0. The van der Waals surface area contributed by atoms with Crippen LogP contribution >= 0.6 is 0 Å². The Labute approximate surface area is 70.8 Å². The van der Waals surface area contributed by atoms with Crippen molar-refractivity contribution in [2.75, 3.05) is 0 Å². The lowest BCUT2D eigenvalue weighted by molar-refractivity contribution is -0.0254. The third-order valence-electron chi connectivity index (χ3n) is 2.76. The fraction of sp³-hybridized carbons (Fsp3) is 1.00. The van der Waals surface area contributed by atoms with Crippen LogP contribution in [0.15, 0.2) is 0 Å². The van der Waals surface area contributed by atoms with Crippen molar-refractivity contribution in [1.82, 2.24) is 0 Å². The molecule has 0 aliphatic carbocycles. The Morgan fingerprint density at radius 3 is 1.82 bits per heavy atom. The minimum atomic E-state index is -0.469. The lowest BCUT2D eigenvalue weighted by Crippen LogP contribution is -2.36. The lowest BCUT2D eigenvalue weighted by Gasteiger charge is -2.34. The number of aliphatic hydroxyl groups is 1. The molecule has 1 heteroatoms. The zero-order valence-electron chi connectivity index (χ0n) is 8.52. The van der Waals surface area contributed by atoms with Gasteiger partial charge in [0.05, 0.1) is 5.60 Å². The van der Waals surface area contributed by atoms with Gasteiger partial charge in [0.25, 0.3) is 0 Å². The molecule has 0 aliphatic rings. The lowest BCUT2D eigenvalue weighted by atomic mass is 9.78. The second-order valence-corrected chi connectivity index (χ2v) is 3.97. The van der Waals surface area contributed by atoms with Gasteiger partial charge < -0.3 is 5.11 Å². The van der Waals surface area contributed by atoms with Crippen LogP contribution in [0.25, 0.3) is 0 Å². The molecule has 0 aliphatic heterocycles. The van der Waals surface area contributed by atoms with Gasteiger partial charge in [-0.3, -0.25) is 0 Å². The minimum absolute atomic E-state index is 0.437. The topological polar surface area (TPSA) is 20.2 Å². The number of rotatable bonds is 4. The van der Waals surface area contributed by atoms with E-state index in [1.54, 1.807) is 0 Å². The van der Waals surface area contributed by atoms with E-state index in [0.29, 0.717) is 11.8 Å². The first-order valence-electron chi connectivity index (χ1n) is 4.68. The van der Waals surface area contributed by atoms with Crippen LogP contribution in [0.2, 0.25) is 0 Å². The largest absolute Gasteiger partial charge is 0.390 e. The van der Waals surface area contributed by atoms with Crippen LogP contribution in [-0.4, -0.2) is 10.7 Å². The first-order valence-corrected chi connectivity index (χ1v) is 4.68. The van der Waals surface area contributed by atoms with Gasteiger partial charge in [-0.15, -0.1) is 0 Å². The van der Waals surface area contributed by atoms with Gasteiger partial charge in [0.15, 0.2) is 0 Å². The average molecular weight is 158 g/mol. The summed E-state index contributed by atoms with van der Waals surface area (Å²) in [6.07, 6.45) is 1.92. The first-order chi connectivity index (χ1) is 4.95. The zero-order valence-corrected chi connectivity index (χ0v) is 8.52. The summed E-state index contributed by atoms with van der Waals surface area (Å²) < 4.78 is 0. The molecule has 0 aromatic rings. The summed E-state index contributed by atoms with van der Waals surface area (Å²) in [5.74, 6) is 1.02. The predicted octanol–water partition coefficient (Wildman–Crippen LogP) is 2.83. The molecule has 2 atom stereocenters. The molecule has 0 saturated heterocycles. The van der Waals surface area contributed by atoms with E-state index in [0.717, 1.165) is 12.8 Å². The quantitative estimate of drug-likeness (QED) is 0.667. The Hall–Kier alpha value is -0.0400. The molecule has 0 saturated carbocycles. The monoisotopic (exact) mass is 158 g/mol. The Morgan fingerprint density at radius 2 is 1.73 bits per heavy atom. The fourth-order valence-electron chi connectivity index (χ4n) is 1.89. The highest BCUT2D eigenvalue weighted by molar-refractivity contribution is 4.81. The highest BCUT2D eigenvalue weighted by Gasteiger charge is 2.30. The van der Waals surface area contributed by atoms with Crippen LogP contribution in [-0.2, 0) is 0 Å². The van der Waals surface area contributed by atoms with Crippen molar-refractivity contribution in [3.8, 4) is 0 Å². The van der Waals surface area contributed by atoms with Crippen LogP contribution in [0.5, 0.6) is 0 Å². The SMILES string of the molecule is CCC(C(C)C)C(C)(O)CC. The van der Waals surface area contributed by atoms with Crippen LogP contribution < -0.4 is 0 Å². The van der Waals surface area contributed by atoms with Crippen LogP contribution in [0.4, 0.5) is 0 Å².